The maximum atomic E-state index is 13.3. The number of hydrogen-bond acceptors (Lipinski definition) is 7. The molecule has 0 bridgehead atoms. The van der Waals surface area contributed by atoms with Gasteiger partial charge in [0.2, 0.25) is 11.2 Å². The first kappa shape index (κ1) is 23.2. The molecular weight excluding hydrogens is 454 g/mol. The molecule has 0 radical (unpaired) electrons. The smallest absolute Gasteiger partial charge is 0.302 e. The lowest BCUT2D eigenvalue weighted by molar-refractivity contribution is -0.779. The number of nitrogens with zero attached hydrogens (tertiary/aromatic N) is 4. The highest BCUT2D eigenvalue weighted by molar-refractivity contribution is 8.14. The SMILES string of the molecule is COc1ccccc1/C=C1/N=C(SCC(=O)Nc2c[n+](C(C)C)no2)N(c2ccccc2)C1=O. The van der Waals surface area contributed by atoms with Crippen LogP contribution in [-0.2, 0) is 9.59 Å². The number of amides is 2. The number of thioether (sulfide) groups is 1. The van der Waals surface area contributed by atoms with E-state index in [1.54, 1.807) is 24.1 Å². The molecular formula is C24H24N5O4S+. The number of carbonyl (C=O) groups excluding carboxylic acids is 2. The number of amidine groups is 1. The molecule has 1 aliphatic rings. The monoisotopic (exact) mass is 478 g/mol. The highest BCUT2D eigenvalue weighted by Crippen LogP contribution is 2.30. The molecule has 9 nitrogen and oxygen atoms in total. The number of hydrogen-bond donors (Lipinski definition) is 1. The molecule has 174 valence electrons. The van der Waals surface area contributed by atoms with Crippen LogP contribution in [0.25, 0.3) is 6.08 Å². The van der Waals surface area contributed by atoms with Gasteiger partial charge in [0, 0.05) is 5.56 Å². The fraction of sp³-hybridized carbons (Fsp3) is 0.208. The third-order valence-corrected chi connectivity index (χ3v) is 5.82. The summed E-state index contributed by atoms with van der Waals surface area (Å²) in [6, 6.07) is 16.7. The van der Waals surface area contributed by atoms with Crippen molar-refractivity contribution in [3.63, 3.8) is 0 Å². The second kappa shape index (κ2) is 10.3. The maximum absolute atomic E-state index is 13.3. The summed E-state index contributed by atoms with van der Waals surface area (Å²) in [6.45, 7) is 3.90. The Kier molecular flexibility index (Phi) is 7.07. The van der Waals surface area contributed by atoms with Crippen molar-refractivity contribution in [1.29, 1.82) is 0 Å². The van der Waals surface area contributed by atoms with E-state index < -0.39 is 0 Å². The maximum Gasteiger partial charge on any atom is 0.302 e. The van der Waals surface area contributed by atoms with Crippen LogP contribution in [0.3, 0.4) is 0 Å². The van der Waals surface area contributed by atoms with E-state index in [-0.39, 0.29) is 35.2 Å². The van der Waals surface area contributed by atoms with Crippen LogP contribution in [0.4, 0.5) is 11.6 Å². The molecule has 0 atom stereocenters. The van der Waals surface area contributed by atoms with Crippen molar-refractivity contribution >= 4 is 46.4 Å². The Hall–Kier alpha value is -3.92. The molecule has 0 fully saturated rings. The van der Waals surface area contributed by atoms with E-state index in [0.717, 1.165) is 17.3 Å². The summed E-state index contributed by atoms with van der Waals surface area (Å²) in [5.74, 6) is 0.325. The zero-order chi connectivity index (χ0) is 24.1. The minimum atomic E-state index is -0.303. The lowest BCUT2D eigenvalue weighted by Gasteiger charge is -2.17. The van der Waals surface area contributed by atoms with Crippen LogP contribution in [0.15, 0.2) is 76.0 Å². The van der Waals surface area contributed by atoms with Crippen LogP contribution in [0.5, 0.6) is 5.75 Å². The van der Waals surface area contributed by atoms with Gasteiger partial charge in [-0.3, -0.25) is 24.3 Å². The highest BCUT2D eigenvalue weighted by atomic mass is 32.2. The number of nitrogens with one attached hydrogen (secondary N) is 1. The third kappa shape index (κ3) is 5.18. The fourth-order valence-electron chi connectivity index (χ4n) is 3.19. The standard InChI is InChI=1S/C24H23N5O4S/c1-16(2)28-14-22(33-27-28)26-21(30)15-34-24-25-19(13-17-9-7-8-12-20(17)32-3)23(31)29(24)18-10-5-4-6-11-18/h4-14,16H,15H2,1-3H3/p+1/b19-13+. The molecule has 10 heteroatoms. The lowest BCUT2D eigenvalue weighted by Crippen LogP contribution is -2.37. The van der Waals surface area contributed by atoms with Gasteiger partial charge < -0.3 is 4.74 Å². The third-order valence-electron chi connectivity index (χ3n) is 4.88. The summed E-state index contributed by atoms with van der Waals surface area (Å²) in [6.07, 6.45) is 3.30. The number of para-hydroxylation sites is 2. The number of ether oxygens (including phenoxy) is 1. The molecule has 2 heterocycles. The van der Waals surface area contributed by atoms with Gasteiger partial charge in [-0.1, -0.05) is 48.2 Å². The minimum absolute atomic E-state index is 0.0275. The minimum Gasteiger partial charge on any atom is -0.496 e. The van der Waals surface area contributed by atoms with E-state index in [1.165, 1.54) is 4.90 Å². The molecule has 0 saturated heterocycles. The first-order valence-electron chi connectivity index (χ1n) is 10.6. The quantitative estimate of drug-likeness (QED) is 0.411. The van der Waals surface area contributed by atoms with Crippen LogP contribution < -0.4 is 19.6 Å². The molecule has 0 spiro atoms. The lowest BCUT2D eigenvalue weighted by atomic mass is 10.1. The molecule has 2 aromatic carbocycles. The molecule has 4 rings (SSSR count). The van der Waals surface area contributed by atoms with Gasteiger partial charge in [0.1, 0.15) is 11.4 Å². The molecule has 1 N–H and O–H groups in total. The first-order chi connectivity index (χ1) is 16.5. The highest BCUT2D eigenvalue weighted by Gasteiger charge is 2.32. The summed E-state index contributed by atoms with van der Waals surface area (Å²) in [5.41, 5.74) is 1.65. The van der Waals surface area contributed by atoms with Gasteiger partial charge in [-0.15, -0.1) is 0 Å². The largest absolute Gasteiger partial charge is 0.496 e. The van der Waals surface area contributed by atoms with Crippen molar-refractivity contribution in [3.05, 3.63) is 72.1 Å². The topological polar surface area (TPSA) is 101 Å². The van der Waals surface area contributed by atoms with E-state index in [1.807, 2.05) is 68.4 Å². The van der Waals surface area contributed by atoms with Gasteiger partial charge in [-0.2, -0.15) is 0 Å². The van der Waals surface area contributed by atoms with Crippen LogP contribution in [-0.4, -0.2) is 35.1 Å². The summed E-state index contributed by atoms with van der Waals surface area (Å²) < 4.78 is 12.1. The van der Waals surface area contributed by atoms with Gasteiger partial charge in [0.15, 0.2) is 11.2 Å². The summed E-state index contributed by atoms with van der Waals surface area (Å²) in [4.78, 5) is 31.8. The number of methoxy groups -OCH3 is 1. The molecule has 1 aromatic heterocycles. The molecule has 2 amide bonds. The zero-order valence-electron chi connectivity index (χ0n) is 19.0. The van der Waals surface area contributed by atoms with Gasteiger partial charge in [0.25, 0.3) is 12.1 Å². The normalized spacial score (nSPS) is 14.6. The molecule has 1 aliphatic heterocycles. The van der Waals surface area contributed by atoms with Crippen molar-refractivity contribution in [2.45, 2.75) is 19.9 Å². The average molecular weight is 479 g/mol. The van der Waals surface area contributed by atoms with Gasteiger partial charge in [-0.05, 0) is 42.8 Å². The van der Waals surface area contributed by atoms with E-state index in [4.69, 9.17) is 9.26 Å². The Morgan fingerprint density at radius 1 is 1.21 bits per heavy atom. The van der Waals surface area contributed by atoms with Crippen LogP contribution in [0.2, 0.25) is 0 Å². The van der Waals surface area contributed by atoms with Gasteiger partial charge in [0.05, 0.1) is 18.6 Å². The molecule has 0 aliphatic carbocycles. The van der Waals surface area contributed by atoms with Crippen molar-refractivity contribution in [2.75, 3.05) is 23.1 Å². The number of aromatic nitrogens is 2. The van der Waals surface area contributed by atoms with Crippen molar-refractivity contribution in [3.8, 4) is 5.75 Å². The van der Waals surface area contributed by atoms with Crippen LogP contribution in [0.1, 0.15) is 25.5 Å². The van der Waals surface area contributed by atoms with Crippen molar-refractivity contribution < 1.29 is 23.5 Å². The molecule has 0 saturated carbocycles. The van der Waals surface area contributed by atoms with Gasteiger partial charge >= 0.3 is 5.88 Å². The molecule has 0 unspecified atom stereocenters. The molecule has 34 heavy (non-hydrogen) atoms. The predicted molar refractivity (Wildman–Crippen MR) is 131 cm³/mol. The second-order valence-corrected chi connectivity index (χ2v) is 8.56. The van der Waals surface area contributed by atoms with Gasteiger partial charge in [-0.25, -0.2) is 4.99 Å². The second-order valence-electron chi connectivity index (χ2n) is 7.62. The van der Waals surface area contributed by atoms with Crippen molar-refractivity contribution in [2.24, 2.45) is 4.99 Å². The number of anilines is 2. The zero-order valence-corrected chi connectivity index (χ0v) is 19.8. The summed E-state index contributed by atoms with van der Waals surface area (Å²) >= 11 is 1.16. The van der Waals surface area contributed by atoms with Crippen LogP contribution >= 0.6 is 11.8 Å². The number of rotatable bonds is 7. The summed E-state index contributed by atoms with van der Waals surface area (Å²) in [7, 11) is 1.57. The van der Waals surface area contributed by atoms with Crippen molar-refractivity contribution in [1.82, 2.24) is 5.27 Å². The Morgan fingerprint density at radius 3 is 2.65 bits per heavy atom. The first-order valence-corrected chi connectivity index (χ1v) is 11.6. The van der Waals surface area contributed by atoms with E-state index in [0.29, 0.717) is 16.6 Å². The Bertz CT molecular complexity index is 1250. The fourth-order valence-corrected chi connectivity index (χ4v) is 4.00. The molecule has 3 aromatic rings. The van der Waals surface area contributed by atoms with E-state index in [2.05, 4.69) is 15.6 Å². The van der Waals surface area contributed by atoms with Crippen LogP contribution in [0, 0.1) is 0 Å². The Labute approximate surface area is 201 Å². The number of carbonyl (C=O) groups is 2. The Balaban J connectivity index is 1.55. The average Bonchev–Trinajstić information content (AvgIpc) is 3.43. The van der Waals surface area contributed by atoms with E-state index in [9.17, 15) is 9.59 Å². The number of aliphatic imine (C=N–C) groups is 1. The summed E-state index contributed by atoms with van der Waals surface area (Å²) in [5, 5.41) is 6.94. The van der Waals surface area contributed by atoms with E-state index >= 15 is 0 Å². The Morgan fingerprint density at radius 2 is 1.94 bits per heavy atom. The number of benzene rings is 2. The predicted octanol–water partition coefficient (Wildman–Crippen LogP) is 3.67.